The maximum absolute atomic E-state index is 12.5. The Morgan fingerprint density at radius 3 is 1.97 bits per heavy atom. The lowest BCUT2D eigenvalue weighted by Gasteiger charge is -2.40. The Bertz CT molecular complexity index is 916. The van der Waals surface area contributed by atoms with Gasteiger partial charge in [0.05, 0.1) is 12.2 Å². The first-order valence-corrected chi connectivity index (χ1v) is 12.7. The summed E-state index contributed by atoms with van der Waals surface area (Å²) in [6, 6.07) is 0. The van der Waals surface area contributed by atoms with Crippen LogP contribution in [0.2, 0.25) is 0 Å². The lowest BCUT2D eigenvalue weighted by Crippen LogP contribution is -2.55. The number of rotatable bonds is 12. The fraction of sp³-hybridized carbons (Fsp3) is 0.704. The molecule has 0 saturated heterocycles. The highest BCUT2D eigenvalue weighted by molar-refractivity contribution is 5.72. The quantitative estimate of drug-likeness (QED) is 0.299. The largest absolute Gasteiger partial charge is 0.463 e. The summed E-state index contributed by atoms with van der Waals surface area (Å²) in [4.78, 5) is 48.9. The van der Waals surface area contributed by atoms with E-state index in [9.17, 15) is 24.3 Å². The number of fused-ring (bicyclic) bond motifs is 1. The van der Waals surface area contributed by atoms with E-state index in [0.29, 0.717) is 11.1 Å². The topological polar surface area (TPSA) is 135 Å². The fourth-order valence-corrected chi connectivity index (χ4v) is 4.17. The first-order chi connectivity index (χ1) is 17.2. The van der Waals surface area contributed by atoms with Gasteiger partial charge in [0, 0.05) is 31.8 Å². The van der Waals surface area contributed by atoms with E-state index in [1.807, 2.05) is 41.5 Å². The Morgan fingerprint density at radius 2 is 1.43 bits per heavy atom. The van der Waals surface area contributed by atoms with Crippen molar-refractivity contribution in [2.45, 2.75) is 85.7 Å². The normalized spacial score (nSPS) is 24.7. The highest BCUT2D eigenvalue weighted by atomic mass is 16.7. The number of hydrogen-bond donors (Lipinski definition) is 1. The third-order valence-corrected chi connectivity index (χ3v) is 5.81. The summed E-state index contributed by atoms with van der Waals surface area (Å²) < 4.78 is 27.4. The second kappa shape index (κ2) is 13.1. The van der Waals surface area contributed by atoms with E-state index in [4.69, 9.17) is 23.7 Å². The predicted octanol–water partition coefficient (Wildman–Crippen LogP) is 3.21. The van der Waals surface area contributed by atoms with E-state index in [1.54, 1.807) is 0 Å². The average Bonchev–Trinajstić information content (AvgIpc) is 3.03. The van der Waals surface area contributed by atoms with Crippen LogP contribution in [0.25, 0.3) is 0 Å². The molecule has 37 heavy (non-hydrogen) atoms. The predicted molar refractivity (Wildman–Crippen MR) is 131 cm³/mol. The van der Waals surface area contributed by atoms with Crippen LogP contribution in [0, 0.1) is 23.7 Å². The molecule has 0 unspecified atom stereocenters. The number of hydrogen-bond acceptors (Lipinski definition) is 10. The van der Waals surface area contributed by atoms with Crippen molar-refractivity contribution in [1.29, 1.82) is 0 Å². The van der Waals surface area contributed by atoms with Crippen molar-refractivity contribution in [2.75, 3.05) is 13.2 Å². The van der Waals surface area contributed by atoms with Crippen molar-refractivity contribution < 1.29 is 48.0 Å². The van der Waals surface area contributed by atoms with Gasteiger partial charge in [-0.1, -0.05) is 41.5 Å². The average molecular weight is 525 g/mol. The van der Waals surface area contributed by atoms with E-state index in [-0.39, 0.29) is 43.6 Å². The zero-order valence-corrected chi connectivity index (χ0v) is 22.8. The molecule has 0 aromatic heterocycles. The molecule has 2 rings (SSSR count). The van der Waals surface area contributed by atoms with Crippen molar-refractivity contribution in [3.05, 3.63) is 23.5 Å². The molecule has 1 N–H and O–H groups in total. The second-order valence-electron chi connectivity index (χ2n) is 10.9. The summed E-state index contributed by atoms with van der Waals surface area (Å²) in [5, 5.41) is 11.8. The van der Waals surface area contributed by atoms with Crippen LogP contribution in [0.1, 0.15) is 67.7 Å². The van der Waals surface area contributed by atoms with Crippen molar-refractivity contribution in [1.82, 2.24) is 0 Å². The van der Waals surface area contributed by atoms with Crippen molar-refractivity contribution in [3.63, 3.8) is 0 Å². The van der Waals surface area contributed by atoms with Gasteiger partial charge in [0.2, 0.25) is 0 Å². The fourth-order valence-electron chi connectivity index (χ4n) is 4.17. The van der Waals surface area contributed by atoms with E-state index < -0.39 is 54.4 Å². The van der Waals surface area contributed by atoms with Crippen LogP contribution in [0.4, 0.5) is 0 Å². The van der Waals surface area contributed by atoms with Gasteiger partial charge < -0.3 is 28.8 Å². The molecule has 10 nitrogen and oxygen atoms in total. The summed E-state index contributed by atoms with van der Waals surface area (Å²) in [6.45, 7) is 11.7. The van der Waals surface area contributed by atoms with E-state index in [0.717, 1.165) is 0 Å². The van der Waals surface area contributed by atoms with Gasteiger partial charge in [0.15, 0.2) is 11.7 Å². The Morgan fingerprint density at radius 1 is 0.892 bits per heavy atom. The van der Waals surface area contributed by atoms with Crippen molar-refractivity contribution >= 4 is 23.9 Å². The van der Waals surface area contributed by atoms with Crippen LogP contribution in [0.15, 0.2) is 23.5 Å². The van der Waals surface area contributed by atoms with Crippen LogP contribution in [0.5, 0.6) is 0 Å². The summed E-state index contributed by atoms with van der Waals surface area (Å²) in [5.74, 6) is -3.12. The van der Waals surface area contributed by atoms with Gasteiger partial charge in [0.1, 0.15) is 13.2 Å². The molecule has 1 heterocycles. The van der Waals surface area contributed by atoms with Crippen molar-refractivity contribution in [3.8, 4) is 0 Å². The minimum atomic E-state index is -2.00. The molecule has 0 spiro atoms. The summed E-state index contributed by atoms with van der Waals surface area (Å²) >= 11 is 0. The molecule has 10 heteroatoms. The van der Waals surface area contributed by atoms with Crippen LogP contribution < -0.4 is 0 Å². The van der Waals surface area contributed by atoms with Crippen LogP contribution in [-0.4, -0.2) is 60.2 Å². The molecule has 0 saturated carbocycles. The van der Waals surface area contributed by atoms with Crippen LogP contribution in [0.3, 0.4) is 0 Å². The first kappa shape index (κ1) is 30.3. The molecule has 4 atom stereocenters. The van der Waals surface area contributed by atoms with E-state index >= 15 is 0 Å². The Balaban J connectivity index is 2.43. The molecular weight excluding hydrogens is 484 g/mol. The highest BCUT2D eigenvalue weighted by Crippen LogP contribution is 2.47. The standard InChI is InChI=1S/C27H40O10/c1-15(2)8-22(29)33-12-19-13-34-26(37-24(31)10-17(5)6)25-20(19)11-21(36-23(30)9-16(3)4)27(25,32)14-35-18(7)28/h11,13,15-17,21,25-26,32H,8-10,12,14H2,1-7H3/t21-,25+,26-,27+/m0/s1. The molecule has 2 aliphatic rings. The lowest BCUT2D eigenvalue weighted by atomic mass is 9.82. The van der Waals surface area contributed by atoms with E-state index in [1.165, 1.54) is 19.3 Å². The van der Waals surface area contributed by atoms with Crippen LogP contribution in [-0.2, 0) is 42.9 Å². The van der Waals surface area contributed by atoms with Gasteiger partial charge >= 0.3 is 23.9 Å². The molecular formula is C27H40O10. The molecule has 0 amide bonds. The number of carbonyl (C=O) groups excluding carboxylic acids is 4. The van der Waals surface area contributed by atoms with Gasteiger partial charge in [-0.15, -0.1) is 0 Å². The van der Waals surface area contributed by atoms with Gasteiger partial charge in [-0.2, -0.15) is 0 Å². The second-order valence-corrected chi connectivity index (χ2v) is 10.9. The minimum absolute atomic E-state index is 0.00860. The SMILES string of the molecule is CC(=O)OC[C@@]1(O)[C@@H](OC(=O)CC(C)C)C=C2C(COC(=O)CC(C)C)=CO[C@@H](OC(=O)CC(C)C)[C@@H]21. The third kappa shape index (κ3) is 8.59. The smallest absolute Gasteiger partial charge is 0.309 e. The zero-order valence-electron chi connectivity index (χ0n) is 22.8. The molecule has 0 fully saturated rings. The number of aliphatic hydroxyl groups is 1. The monoisotopic (exact) mass is 524 g/mol. The van der Waals surface area contributed by atoms with Crippen LogP contribution >= 0.6 is 0 Å². The summed E-state index contributed by atoms with van der Waals surface area (Å²) in [5.41, 5.74) is -1.18. The van der Waals surface area contributed by atoms with Crippen molar-refractivity contribution in [2.24, 2.45) is 23.7 Å². The zero-order chi connectivity index (χ0) is 27.9. The molecule has 1 aliphatic heterocycles. The molecule has 0 radical (unpaired) electrons. The highest BCUT2D eigenvalue weighted by Gasteiger charge is 2.59. The lowest BCUT2D eigenvalue weighted by molar-refractivity contribution is -0.217. The molecule has 208 valence electrons. The number of carbonyl (C=O) groups is 4. The first-order valence-electron chi connectivity index (χ1n) is 12.7. The maximum Gasteiger partial charge on any atom is 0.309 e. The summed E-state index contributed by atoms with van der Waals surface area (Å²) in [7, 11) is 0. The van der Waals surface area contributed by atoms with Gasteiger partial charge in [-0.25, -0.2) is 0 Å². The summed E-state index contributed by atoms with van der Waals surface area (Å²) in [6.07, 6.45) is 0.737. The molecule has 1 aliphatic carbocycles. The molecule has 0 aromatic rings. The van der Waals surface area contributed by atoms with Gasteiger partial charge in [-0.05, 0) is 29.4 Å². The number of ether oxygens (including phenoxy) is 5. The van der Waals surface area contributed by atoms with Gasteiger partial charge in [0.25, 0.3) is 6.29 Å². The molecule has 0 bridgehead atoms. The van der Waals surface area contributed by atoms with Gasteiger partial charge in [-0.3, -0.25) is 19.2 Å². The Labute approximate surface area is 218 Å². The number of esters is 4. The van der Waals surface area contributed by atoms with E-state index in [2.05, 4.69) is 0 Å². The minimum Gasteiger partial charge on any atom is -0.463 e. The molecule has 0 aromatic carbocycles. The maximum atomic E-state index is 12.5. The Hall–Kier alpha value is -2.88. The Kier molecular flexibility index (Phi) is 10.7. The third-order valence-electron chi connectivity index (χ3n) is 5.81.